The molecule has 0 saturated heterocycles. The molecule has 0 fully saturated rings. The van der Waals surface area contributed by atoms with Crippen molar-refractivity contribution in [3.05, 3.63) is 164 Å². The van der Waals surface area contributed by atoms with Crippen LogP contribution in [0.2, 0.25) is 0 Å². The smallest absolute Gasteiger partial charge is 0.0991 e. The molecule has 4 heteroatoms. The van der Waals surface area contributed by atoms with Gasteiger partial charge in [-0.3, -0.25) is 9.97 Å². The second-order valence-corrected chi connectivity index (χ2v) is 11.2. The van der Waals surface area contributed by atoms with Crippen molar-refractivity contribution in [3.8, 4) is 62.2 Å². The maximum atomic E-state index is 9.33. The van der Waals surface area contributed by atoms with E-state index in [0.29, 0.717) is 5.56 Å². The minimum absolute atomic E-state index is 0.651. The fourth-order valence-corrected chi connectivity index (χ4v) is 6.21. The summed E-state index contributed by atoms with van der Waals surface area (Å²) in [6, 6.07) is 52.1. The number of nitriles is 1. The quantitative estimate of drug-likeness (QED) is 0.201. The minimum Gasteiger partial charge on any atom is -0.255 e. The van der Waals surface area contributed by atoms with Crippen LogP contribution in [0, 0.1) is 11.3 Å². The van der Waals surface area contributed by atoms with Crippen LogP contribution >= 0.6 is 0 Å². The van der Waals surface area contributed by atoms with Gasteiger partial charge in [0, 0.05) is 12.4 Å². The molecule has 0 aliphatic rings. The Hall–Kier alpha value is -6.44. The average molecular weight is 587 g/mol. The summed E-state index contributed by atoms with van der Waals surface area (Å²) in [6.07, 6.45) is 3.60. The van der Waals surface area contributed by atoms with Crippen molar-refractivity contribution in [2.45, 2.75) is 0 Å². The van der Waals surface area contributed by atoms with Crippen LogP contribution in [0.15, 0.2) is 158 Å². The maximum absolute atomic E-state index is 9.33. The molecule has 8 rings (SSSR count). The Bertz CT molecular complexity index is 2350. The summed E-state index contributed by atoms with van der Waals surface area (Å²) in [5.74, 6) is 0. The first-order chi connectivity index (χ1) is 22.7. The molecule has 0 unspecified atom stereocenters. The monoisotopic (exact) mass is 586 g/mol. The normalized spacial score (nSPS) is 11.0. The third-order valence-electron chi connectivity index (χ3n) is 8.42. The van der Waals surface area contributed by atoms with Gasteiger partial charge in [-0.1, -0.05) is 91.0 Å². The van der Waals surface area contributed by atoms with Crippen LogP contribution in [0.5, 0.6) is 0 Å². The van der Waals surface area contributed by atoms with Crippen LogP contribution in [-0.2, 0) is 0 Å². The SMILES string of the molecule is N#Cc1ccc(-c2cccc3ccc(-c4ccc5ccccc5c4-c4cc(-c5ccccn5)nc(-c5ccccn5)c4)cc23)cc1. The largest absolute Gasteiger partial charge is 0.255 e. The van der Waals surface area contributed by atoms with Crippen molar-refractivity contribution in [2.75, 3.05) is 0 Å². The topological polar surface area (TPSA) is 62.5 Å². The first-order valence-corrected chi connectivity index (χ1v) is 15.2. The average Bonchev–Trinajstić information content (AvgIpc) is 3.14. The molecule has 214 valence electrons. The second kappa shape index (κ2) is 11.6. The standard InChI is InChI=1S/C42H26N4/c43-27-28-14-16-31(17-15-28)34-11-7-9-30-18-19-32(24-37(30)34)36-21-20-29-8-1-2-10-35(29)42(36)33-25-40(38-12-3-5-22-44-38)46-41(26-33)39-13-4-6-23-45-39/h1-26H. The van der Waals surface area contributed by atoms with Gasteiger partial charge in [-0.25, -0.2) is 4.98 Å². The van der Waals surface area contributed by atoms with Crippen LogP contribution in [0.25, 0.3) is 77.7 Å². The molecular weight excluding hydrogens is 560 g/mol. The first-order valence-electron chi connectivity index (χ1n) is 15.2. The summed E-state index contributed by atoms with van der Waals surface area (Å²) in [7, 11) is 0. The lowest BCUT2D eigenvalue weighted by Crippen LogP contribution is -1.95. The molecule has 5 aromatic carbocycles. The molecule has 0 spiro atoms. The van der Waals surface area contributed by atoms with Gasteiger partial charge < -0.3 is 0 Å². The molecule has 4 nitrogen and oxygen atoms in total. The Kier molecular flexibility index (Phi) is 6.83. The molecule has 0 aliphatic heterocycles. The third-order valence-corrected chi connectivity index (χ3v) is 8.42. The van der Waals surface area contributed by atoms with Gasteiger partial charge in [0.2, 0.25) is 0 Å². The zero-order valence-electron chi connectivity index (χ0n) is 24.8. The molecule has 0 amide bonds. The van der Waals surface area contributed by atoms with Gasteiger partial charge in [-0.15, -0.1) is 0 Å². The third kappa shape index (κ3) is 4.96. The lowest BCUT2D eigenvalue weighted by molar-refractivity contribution is 1.22. The Labute approximate surface area is 266 Å². The van der Waals surface area contributed by atoms with Gasteiger partial charge >= 0.3 is 0 Å². The highest BCUT2D eigenvalue weighted by Crippen LogP contribution is 2.42. The molecule has 0 radical (unpaired) electrons. The number of hydrogen-bond donors (Lipinski definition) is 0. The van der Waals surface area contributed by atoms with Gasteiger partial charge in [-0.2, -0.15) is 5.26 Å². The fraction of sp³-hybridized carbons (Fsp3) is 0. The summed E-state index contributed by atoms with van der Waals surface area (Å²) in [5, 5.41) is 14.0. The van der Waals surface area contributed by atoms with Crippen molar-refractivity contribution >= 4 is 21.5 Å². The molecule has 0 bridgehead atoms. The zero-order valence-corrected chi connectivity index (χ0v) is 24.8. The van der Waals surface area contributed by atoms with Gasteiger partial charge in [0.25, 0.3) is 0 Å². The molecule has 0 N–H and O–H groups in total. The number of nitrogens with zero attached hydrogens (tertiary/aromatic N) is 4. The van der Waals surface area contributed by atoms with Crippen molar-refractivity contribution in [2.24, 2.45) is 0 Å². The minimum atomic E-state index is 0.651. The summed E-state index contributed by atoms with van der Waals surface area (Å²) in [5.41, 5.74) is 10.5. The lowest BCUT2D eigenvalue weighted by Gasteiger charge is -2.17. The lowest BCUT2D eigenvalue weighted by atomic mass is 9.87. The molecule has 0 atom stereocenters. The van der Waals surface area contributed by atoms with Crippen LogP contribution in [0.1, 0.15) is 5.56 Å². The predicted octanol–water partition coefficient (Wildman–Crippen LogP) is 10.4. The van der Waals surface area contributed by atoms with E-state index in [-0.39, 0.29) is 0 Å². The number of fused-ring (bicyclic) bond motifs is 2. The first kappa shape index (κ1) is 27.1. The summed E-state index contributed by atoms with van der Waals surface area (Å²) in [4.78, 5) is 14.3. The highest BCUT2D eigenvalue weighted by Gasteiger charge is 2.17. The van der Waals surface area contributed by atoms with Gasteiger partial charge in [-0.05, 0) is 110 Å². The van der Waals surface area contributed by atoms with Crippen molar-refractivity contribution in [1.82, 2.24) is 15.0 Å². The van der Waals surface area contributed by atoms with E-state index in [9.17, 15) is 5.26 Å². The molecule has 0 aliphatic carbocycles. The predicted molar refractivity (Wildman–Crippen MR) is 187 cm³/mol. The van der Waals surface area contributed by atoms with Crippen LogP contribution in [0.3, 0.4) is 0 Å². The Morgan fingerprint density at radius 2 is 1.07 bits per heavy atom. The summed E-state index contributed by atoms with van der Waals surface area (Å²) in [6.45, 7) is 0. The number of hydrogen-bond acceptors (Lipinski definition) is 4. The van der Waals surface area contributed by atoms with Crippen molar-refractivity contribution < 1.29 is 0 Å². The number of benzene rings is 5. The van der Waals surface area contributed by atoms with Crippen molar-refractivity contribution in [3.63, 3.8) is 0 Å². The number of aromatic nitrogens is 3. The second-order valence-electron chi connectivity index (χ2n) is 11.2. The van der Waals surface area contributed by atoms with Gasteiger partial charge in [0.15, 0.2) is 0 Å². The summed E-state index contributed by atoms with van der Waals surface area (Å²) >= 11 is 0. The van der Waals surface area contributed by atoms with E-state index in [1.54, 1.807) is 12.4 Å². The van der Waals surface area contributed by atoms with E-state index in [1.165, 1.54) is 0 Å². The molecule has 46 heavy (non-hydrogen) atoms. The van der Waals surface area contributed by atoms with Gasteiger partial charge in [0.1, 0.15) is 0 Å². The fourth-order valence-electron chi connectivity index (χ4n) is 6.21. The van der Waals surface area contributed by atoms with E-state index in [0.717, 1.165) is 77.7 Å². The number of rotatable bonds is 5. The highest BCUT2D eigenvalue weighted by atomic mass is 14.8. The maximum Gasteiger partial charge on any atom is 0.0991 e. The van der Waals surface area contributed by atoms with E-state index in [2.05, 4.69) is 101 Å². The Morgan fingerprint density at radius 3 is 1.76 bits per heavy atom. The van der Waals surface area contributed by atoms with Crippen LogP contribution < -0.4 is 0 Å². The van der Waals surface area contributed by atoms with Gasteiger partial charge in [0.05, 0.1) is 34.4 Å². The van der Waals surface area contributed by atoms with Crippen molar-refractivity contribution in [1.29, 1.82) is 5.26 Å². The molecule has 0 saturated carbocycles. The van der Waals surface area contributed by atoms with E-state index >= 15 is 0 Å². The van der Waals surface area contributed by atoms with E-state index < -0.39 is 0 Å². The molecule has 8 aromatic rings. The Balaban J connectivity index is 1.39. The van der Waals surface area contributed by atoms with E-state index in [1.807, 2.05) is 60.7 Å². The zero-order chi connectivity index (χ0) is 30.9. The number of pyridine rings is 3. The van der Waals surface area contributed by atoms with Crippen LogP contribution in [0.4, 0.5) is 0 Å². The van der Waals surface area contributed by atoms with E-state index in [4.69, 9.17) is 4.98 Å². The summed E-state index contributed by atoms with van der Waals surface area (Å²) < 4.78 is 0. The highest BCUT2D eigenvalue weighted by molar-refractivity contribution is 6.07. The molecular formula is C42H26N4. The van der Waals surface area contributed by atoms with Crippen LogP contribution in [-0.4, -0.2) is 15.0 Å². The molecule has 3 heterocycles. The Morgan fingerprint density at radius 1 is 0.435 bits per heavy atom. The molecule has 3 aromatic heterocycles.